The van der Waals surface area contributed by atoms with Gasteiger partial charge in [0, 0.05) is 0 Å². The zero-order chi connectivity index (χ0) is 10.2. The molecule has 0 atom stereocenters. The fourth-order valence-electron chi connectivity index (χ4n) is 1.59. The molecule has 0 aliphatic heterocycles. The van der Waals surface area contributed by atoms with Gasteiger partial charge in [0.05, 0.1) is 0 Å². The number of allylic oxidation sites excluding steroid dienone is 1. The summed E-state index contributed by atoms with van der Waals surface area (Å²) in [7, 11) is 0. The first-order valence-corrected chi connectivity index (χ1v) is 5.48. The highest BCUT2D eigenvalue weighted by atomic mass is 14.0. The molecular formula is C14H19. The van der Waals surface area contributed by atoms with E-state index in [1.165, 1.54) is 24.0 Å². The molecule has 0 aromatic heterocycles. The molecule has 0 unspecified atom stereocenters. The van der Waals surface area contributed by atoms with E-state index in [2.05, 4.69) is 31.2 Å². The van der Waals surface area contributed by atoms with Crippen LogP contribution in [0.1, 0.15) is 37.3 Å². The Labute approximate surface area is 87.7 Å². The second-order valence-electron chi connectivity index (χ2n) is 3.69. The number of rotatable bonds is 6. The second-order valence-corrected chi connectivity index (χ2v) is 3.69. The first-order valence-electron chi connectivity index (χ1n) is 5.48. The summed E-state index contributed by atoms with van der Waals surface area (Å²) in [5.74, 6) is 0. The van der Waals surface area contributed by atoms with Crippen molar-refractivity contribution in [1.82, 2.24) is 0 Å². The van der Waals surface area contributed by atoms with Gasteiger partial charge in [-0.25, -0.2) is 0 Å². The minimum Gasteiger partial charge on any atom is -0.0845 e. The van der Waals surface area contributed by atoms with Crippen LogP contribution in [0.3, 0.4) is 0 Å². The maximum Gasteiger partial charge on any atom is -0.0276 e. The number of unbranched alkanes of at least 4 members (excludes halogenated alkanes) is 1. The first kappa shape index (κ1) is 11.0. The van der Waals surface area contributed by atoms with Crippen LogP contribution < -0.4 is 0 Å². The highest BCUT2D eigenvalue weighted by Gasteiger charge is 1.93. The molecule has 0 aliphatic carbocycles. The van der Waals surface area contributed by atoms with Gasteiger partial charge in [-0.3, -0.25) is 0 Å². The molecule has 0 bridgehead atoms. The van der Waals surface area contributed by atoms with Gasteiger partial charge in [0.1, 0.15) is 0 Å². The number of aryl methyl sites for hydroxylation is 2. The Morgan fingerprint density at radius 3 is 2.14 bits per heavy atom. The normalized spacial score (nSPS) is 10.1. The number of hydrogen-bond donors (Lipinski definition) is 0. The predicted octanol–water partition coefficient (Wildman–Crippen LogP) is 3.95. The van der Waals surface area contributed by atoms with Crippen molar-refractivity contribution < 1.29 is 0 Å². The minimum absolute atomic E-state index is 1.01. The summed E-state index contributed by atoms with van der Waals surface area (Å²) in [5.41, 5.74) is 2.87. The third-order valence-corrected chi connectivity index (χ3v) is 2.40. The molecule has 1 aromatic rings. The van der Waals surface area contributed by atoms with Gasteiger partial charge in [-0.2, -0.15) is 0 Å². The molecule has 0 nitrogen and oxygen atoms in total. The summed E-state index contributed by atoms with van der Waals surface area (Å²) in [6.07, 6.45) is 7.46. The van der Waals surface area contributed by atoms with Crippen molar-refractivity contribution >= 4 is 0 Å². The summed E-state index contributed by atoms with van der Waals surface area (Å²) in [4.78, 5) is 0. The van der Waals surface area contributed by atoms with Gasteiger partial charge in [-0.05, 0) is 36.8 Å². The summed E-state index contributed by atoms with van der Waals surface area (Å²) in [6, 6.07) is 8.96. The van der Waals surface area contributed by atoms with Crippen LogP contribution in [0.2, 0.25) is 0 Å². The molecule has 0 fully saturated rings. The maximum absolute atomic E-state index is 5.33. The van der Waals surface area contributed by atoms with Crippen LogP contribution in [0.4, 0.5) is 0 Å². The summed E-state index contributed by atoms with van der Waals surface area (Å²) in [6.45, 7) is 7.54. The van der Waals surface area contributed by atoms with E-state index in [0.717, 1.165) is 19.3 Å². The van der Waals surface area contributed by atoms with Crippen molar-refractivity contribution in [2.75, 3.05) is 0 Å². The highest BCUT2D eigenvalue weighted by molar-refractivity contribution is 5.22. The third kappa shape index (κ3) is 3.78. The van der Waals surface area contributed by atoms with Crippen molar-refractivity contribution in [3.05, 3.63) is 48.0 Å². The van der Waals surface area contributed by atoms with Gasteiger partial charge in [0.2, 0.25) is 0 Å². The standard InChI is InChI=1S/C14H19/c1-3-5-6-8-14-11-9-13(7-4-2)10-12-14/h1,3,9-12H,4-8H2,2H3. The molecule has 14 heavy (non-hydrogen) atoms. The van der Waals surface area contributed by atoms with Gasteiger partial charge in [0.15, 0.2) is 0 Å². The van der Waals surface area contributed by atoms with Crippen molar-refractivity contribution in [3.8, 4) is 0 Å². The Bertz CT molecular complexity index is 256. The van der Waals surface area contributed by atoms with Crippen LogP contribution in [-0.2, 0) is 12.8 Å². The van der Waals surface area contributed by atoms with Crippen molar-refractivity contribution in [3.63, 3.8) is 0 Å². The predicted molar refractivity (Wildman–Crippen MR) is 62.2 cm³/mol. The van der Waals surface area contributed by atoms with Crippen molar-refractivity contribution in [1.29, 1.82) is 0 Å². The van der Waals surface area contributed by atoms with Gasteiger partial charge in [0.25, 0.3) is 0 Å². The monoisotopic (exact) mass is 187 g/mol. The third-order valence-electron chi connectivity index (χ3n) is 2.40. The van der Waals surface area contributed by atoms with Crippen LogP contribution in [0.25, 0.3) is 0 Å². The Morgan fingerprint density at radius 2 is 1.64 bits per heavy atom. The molecule has 0 aliphatic rings. The zero-order valence-electron chi connectivity index (χ0n) is 9.00. The average molecular weight is 187 g/mol. The number of hydrogen-bond acceptors (Lipinski definition) is 0. The van der Waals surface area contributed by atoms with Gasteiger partial charge in [-0.1, -0.05) is 50.3 Å². The maximum atomic E-state index is 5.33. The first-order chi connectivity index (χ1) is 6.86. The van der Waals surface area contributed by atoms with E-state index in [4.69, 9.17) is 6.58 Å². The molecule has 0 heterocycles. The fourth-order valence-corrected chi connectivity index (χ4v) is 1.59. The van der Waals surface area contributed by atoms with Crippen LogP contribution in [-0.4, -0.2) is 0 Å². The fraction of sp³-hybridized carbons (Fsp3) is 0.429. The number of benzene rings is 1. The quantitative estimate of drug-likeness (QED) is 0.591. The zero-order valence-corrected chi connectivity index (χ0v) is 9.00. The molecule has 0 N–H and O–H groups in total. The lowest BCUT2D eigenvalue weighted by atomic mass is 10.0. The summed E-state index contributed by atoms with van der Waals surface area (Å²) in [5, 5.41) is 0. The van der Waals surface area contributed by atoms with Crippen LogP contribution in [0.15, 0.2) is 30.3 Å². The SMILES string of the molecule is [CH]=CCCCc1ccc(CCC)cc1. The lowest BCUT2D eigenvalue weighted by Gasteiger charge is -2.02. The van der Waals surface area contributed by atoms with E-state index in [9.17, 15) is 0 Å². The van der Waals surface area contributed by atoms with E-state index in [-0.39, 0.29) is 0 Å². The molecule has 1 aromatic carbocycles. The lowest BCUT2D eigenvalue weighted by Crippen LogP contribution is -1.87. The van der Waals surface area contributed by atoms with E-state index in [0.29, 0.717) is 0 Å². The van der Waals surface area contributed by atoms with E-state index < -0.39 is 0 Å². The molecule has 1 radical (unpaired) electrons. The smallest absolute Gasteiger partial charge is 0.0276 e. The van der Waals surface area contributed by atoms with E-state index >= 15 is 0 Å². The van der Waals surface area contributed by atoms with E-state index in [1.54, 1.807) is 6.08 Å². The Morgan fingerprint density at radius 1 is 1.07 bits per heavy atom. The average Bonchev–Trinajstić information content (AvgIpc) is 2.21. The van der Waals surface area contributed by atoms with Crippen LogP contribution in [0, 0.1) is 6.58 Å². The van der Waals surface area contributed by atoms with E-state index in [1.807, 2.05) is 0 Å². The van der Waals surface area contributed by atoms with Crippen LogP contribution in [0.5, 0.6) is 0 Å². The highest BCUT2D eigenvalue weighted by Crippen LogP contribution is 2.09. The Kier molecular flexibility index (Phi) is 5.06. The van der Waals surface area contributed by atoms with Crippen molar-refractivity contribution in [2.45, 2.75) is 39.0 Å². The Hall–Kier alpha value is -1.04. The topological polar surface area (TPSA) is 0 Å². The second kappa shape index (κ2) is 6.42. The van der Waals surface area contributed by atoms with Gasteiger partial charge < -0.3 is 0 Å². The van der Waals surface area contributed by atoms with Crippen LogP contribution >= 0.6 is 0 Å². The molecule has 0 spiro atoms. The molecule has 75 valence electrons. The molecule has 0 saturated carbocycles. The van der Waals surface area contributed by atoms with Crippen molar-refractivity contribution in [2.24, 2.45) is 0 Å². The minimum atomic E-state index is 1.01. The molecule has 1 rings (SSSR count). The Balaban J connectivity index is 2.42. The summed E-state index contributed by atoms with van der Waals surface area (Å²) >= 11 is 0. The summed E-state index contributed by atoms with van der Waals surface area (Å²) < 4.78 is 0. The molecular weight excluding hydrogens is 168 g/mol. The largest absolute Gasteiger partial charge is 0.0845 e. The molecule has 0 amide bonds. The van der Waals surface area contributed by atoms with Gasteiger partial charge >= 0.3 is 0 Å². The molecule has 0 heteroatoms. The van der Waals surface area contributed by atoms with Gasteiger partial charge in [-0.15, -0.1) is 0 Å². The molecule has 0 saturated heterocycles. The lowest BCUT2D eigenvalue weighted by molar-refractivity contribution is 0.841.